The zero-order chi connectivity index (χ0) is 18.9. The van der Waals surface area contributed by atoms with Crippen LogP contribution in [0.15, 0.2) is 60.7 Å². The Morgan fingerprint density at radius 2 is 1.56 bits per heavy atom. The molecule has 0 saturated carbocycles. The molecule has 2 aromatic rings. The molecule has 1 aliphatic rings. The first-order valence-electron chi connectivity index (χ1n) is 10.8. The van der Waals surface area contributed by atoms with Gasteiger partial charge in [-0.1, -0.05) is 99.7 Å². The van der Waals surface area contributed by atoms with Gasteiger partial charge in [0.1, 0.15) is 0 Å². The Labute approximate surface area is 165 Å². The van der Waals surface area contributed by atoms with Gasteiger partial charge >= 0.3 is 0 Å². The van der Waals surface area contributed by atoms with E-state index in [-0.39, 0.29) is 6.04 Å². The largest absolute Gasteiger partial charge is 0.386 e. The van der Waals surface area contributed by atoms with Crippen molar-refractivity contribution in [1.29, 1.82) is 0 Å². The third-order valence-electron chi connectivity index (χ3n) is 6.00. The molecule has 146 valence electrons. The topological polar surface area (TPSA) is 23.5 Å². The van der Waals surface area contributed by atoms with E-state index in [0.717, 1.165) is 12.1 Å². The molecule has 1 heterocycles. The van der Waals surface area contributed by atoms with Gasteiger partial charge in [-0.2, -0.15) is 0 Å². The van der Waals surface area contributed by atoms with Crippen molar-refractivity contribution < 1.29 is 5.11 Å². The maximum atomic E-state index is 11.4. The lowest BCUT2D eigenvalue weighted by molar-refractivity contribution is 0.00158. The molecule has 2 nitrogen and oxygen atoms in total. The molecule has 0 unspecified atom stereocenters. The van der Waals surface area contributed by atoms with Crippen LogP contribution in [0.1, 0.15) is 81.6 Å². The second-order valence-electron chi connectivity index (χ2n) is 7.95. The van der Waals surface area contributed by atoms with Crippen LogP contribution in [-0.4, -0.2) is 22.6 Å². The first kappa shape index (κ1) is 20.1. The van der Waals surface area contributed by atoms with Crippen molar-refractivity contribution in [1.82, 2.24) is 4.90 Å². The number of aliphatic hydroxyl groups is 1. The van der Waals surface area contributed by atoms with Crippen molar-refractivity contribution in [2.75, 3.05) is 6.54 Å². The normalized spacial score (nSPS) is 20.3. The summed E-state index contributed by atoms with van der Waals surface area (Å²) in [6, 6.07) is 21.4. The van der Waals surface area contributed by atoms with Crippen LogP contribution in [0.5, 0.6) is 0 Å². The third kappa shape index (κ3) is 5.43. The smallest absolute Gasteiger partial charge is 0.0986 e. The van der Waals surface area contributed by atoms with Crippen molar-refractivity contribution in [2.24, 2.45) is 0 Å². The predicted molar refractivity (Wildman–Crippen MR) is 114 cm³/mol. The van der Waals surface area contributed by atoms with Crippen molar-refractivity contribution in [3.8, 4) is 0 Å². The lowest BCUT2D eigenvalue weighted by Crippen LogP contribution is -2.44. The third-order valence-corrected chi connectivity index (χ3v) is 6.00. The molecule has 27 heavy (non-hydrogen) atoms. The highest BCUT2D eigenvalue weighted by molar-refractivity contribution is 5.26. The van der Waals surface area contributed by atoms with Crippen LogP contribution >= 0.6 is 0 Å². The molecular formula is C25H35NO. The quantitative estimate of drug-likeness (QED) is 0.528. The molecule has 3 atom stereocenters. The highest BCUT2D eigenvalue weighted by atomic mass is 16.3. The Balaban J connectivity index is 1.84. The van der Waals surface area contributed by atoms with Crippen molar-refractivity contribution in [3.63, 3.8) is 0 Å². The molecule has 3 rings (SSSR count). The molecule has 2 aromatic carbocycles. The monoisotopic (exact) mass is 365 g/mol. The Morgan fingerprint density at radius 1 is 0.889 bits per heavy atom. The van der Waals surface area contributed by atoms with E-state index in [0.29, 0.717) is 6.04 Å². The number of hydrogen-bond acceptors (Lipinski definition) is 2. The molecule has 0 spiro atoms. The van der Waals surface area contributed by atoms with E-state index < -0.39 is 6.10 Å². The Morgan fingerprint density at radius 3 is 2.22 bits per heavy atom. The minimum absolute atomic E-state index is 0.0325. The molecule has 0 bridgehead atoms. The highest BCUT2D eigenvalue weighted by Crippen LogP contribution is 2.39. The standard InChI is InChI=1S/C25H35NO/c1-2-3-4-11-18-23-19-12-13-20-26(23)24(21-14-7-5-8-15-21)25(27)22-16-9-6-10-17-22/h5-10,14-17,23-25,27H,2-4,11-13,18-20H2,1H3/t23-,24-,25+/m0/s1. The summed E-state index contributed by atoms with van der Waals surface area (Å²) in [5.74, 6) is 0. The lowest BCUT2D eigenvalue weighted by atomic mass is 9.88. The van der Waals surface area contributed by atoms with Gasteiger partial charge in [-0.15, -0.1) is 0 Å². The van der Waals surface area contributed by atoms with Crippen LogP contribution < -0.4 is 0 Å². The zero-order valence-corrected chi connectivity index (χ0v) is 16.8. The SMILES string of the molecule is CCCCCC[C@H]1CCCCN1[C@@H](c1ccccc1)[C@H](O)c1ccccc1. The van der Waals surface area contributed by atoms with Gasteiger partial charge in [-0.25, -0.2) is 0 Å². The number of likely N-dealkylation sites (tertiary alicyclic amines) is 1. The Hall–Kier alpha value is -1.64. The average molecular weight is 366 g/mol. The molecule has 0 amide bonds. The fourth-order valence-corrected chi connectivity index (χ4v) is 4.54. The summed E-state index contributed by atoms with van der Waals surface area (Å²) in [4.78, 5) is 2.61. The summed E-state index contributed by atoms with van der Waals surface area (Å²) < 4.78 is 0. The number of aliphatic hydroxyl groups excluding tert-OH is 1. The number of hydrogen-bond donors (Lipinski definition) is 1. The summed E-state index contributed by atoms with van der Waals surface area (Å²) >= 11 is 0. The Bertz CT molecular complexity index is 642. The average Bonchev–Trinajstić information content (AvgIpc) is 2.74. The van der Waals surface area contributed by atoms with E-state index in [1.807, 2.05) is 18.2 Å². The number of nitrogens with zero attached hydrogens (tertiary/aromatic N) is 1. The van der Waals surface area contributed by atoms with Crippen LogP contribution in [-0.2, 0) is 0 Å². The molecule has 0 radical (unpaired) electrons. The van der Waals surface area contributed by atoms with E-state index in [4.69, 9.17) is 0 Å². The summed E-state index contributed by atoms with van der Waals surface area (Å²) in [6.07, 6.45) is 9.83. The van der Waals surface area contributed by atoms with Gasteiger partial charge in [0.15, 0.2) is 0 Å². The molecule has 0 aromatic heterocycles. The molecule has 2 heteroatoms. The van der Waals surface area contributed by atoms with E-state index in [9.17, 15) is 5.11 Å². The summed E-state index contributed by atoms with van der Waals surface area (Å²) in [6.45, 7) is 3.36. The first-order valence-corrected chi connectivity index (χ1v) is 10.8. The molecule has 1 aliphatic heterocycles. The van der Waals surface area contributed by atoms with Gasteiger partial charge in [0.2, 0.25) is 0 Å². The van der Waals surface area contributed by atoms with Gasteiger partial charge in [0.25, 0.3) is 0 Å². The minimum Gasteiger partial charge on any atom is -0.386 e. The minimum atomic E-state index is -0.496. The molecule has 0 aliphatic carbocycles. The number of piperidine rings is 1. The molecule has 1 saturated heterocycles. The van der Waals surface area contributed by atoms with E-state index in [1.165, 1.54) is 56.9 Å². The number of benzene rings is 2. The van der Waals surface area contributed by atoms with Gasteiger partial charge in [-0.3, -0.25) is 4.90 Å². The van der Waals surface area contributed by atoms with Crippen LogP contribution in [0.2, 0.25) is 0 Å². The summed E-state index contributed by atoms with van der Waals surface area (Å²) in [5.41, 5.74) is 2.25. The predicted octanol–water partition coefficient (Wildman–Crippen LogP) is 6.29. The summed E-state index contributed by atoms with van der Waals surface area (Å²) in [5, 5.41) is 11.4. The van der Waals surface area contributed by atoms with Crippen molar-refractivity contribution >= 4 is 0 Å². The van der Waals surface area contributed by atoms with Crippen LogP contribution in [0.3, 0.4) is 0 Å². The van der Waals surface area contributed by atoms with E-state index >= 15 is 0 Å². The fraction of sp³-hybridized carbons (Fsp3) is 0.520. The zero-order valence-electron chi connectivity index (χ0n) is 16.8. The van der Waals surface area contributed by atoms with Crippen LogP contribution in [0, 0.1) is 0 Å². The first-order chi connectivity index (χ1) is 13.3. The van der Waals surface area contributed by atoms with Gasteiger partial charge in [0, 0.05) is 6.04 Å². The van der Waals surface area contributed by atoms with Crippen LogP contribution in [0.25, 0.3) is 0 Å². The second kappa shape index (κ2) is 10.6. The van der Waals surface area contributed by atoms with Crippen LogP contribution in [0.4, 0.5) is 0 Å². The summed E-state index contributed by atoms with van der Waals surface area (Å²) in [7, 11) is 0. The molecular weight excluding hydrogens is 330 g/mol. The number of unbranched alkanes of at least 4 members (excludes halogenated alkanes) is 3. The second-order valence-corrected chi connectivity index (χ2v) is 7.95. The highest BCUT2D eigenvalue weighted by Gasteiger charge is 2.34. The van der Waals surface area contributed by atoms with E-state index in [2.05, 4.69) is 54.3 Å². The lowest BCUT2D eigenvalue weighted by Gasteiger charge is -2.43. The van der Waals surface area contributed by atoms with Crippen molar-refractivity contribution in [2.45, 2.75) is 76.5 Å². The maximum absolute atomic E-state index is 11.4. The van der Waals surface area contributed by atoms with Gasteiger partial charge in [0.05, 0.1) is 12.1 Å². The Kier molecular flexibility index (Phi) is 7.92. The maximum Gasteiger partial charge on any atom is 0.0986 e. The van der Waals surface area contributed by atoms with Gasteiger partial charge < -0.3 is 5.11 Å². The molecule has 1 N–H and O–H groups in total. The van der Waals surface area contributed by atoms with Gasteiger partial charge in [-0.05, 0) is 36.9 Å². The fourth-order valence-electron chi connectivity index (χ4n) is 4.54. The molecule has 1 fully saturated rings. The van der Waals surface area contributed by atoms with Crippen molar-refractivity contribution in [3.05, 3.63) is 71.8 Å². The van der Waals surface area contributed by atoms with E-state index in [1.54, 1.807) is 0 Å². The number of rotatable bonds is 9.